The molecule has 182 valence electrons. The van der Waals surface area contributed by atoms with Gasteiger partial charge in [-0.15, -0.1) is 0 Å². The minimum atomic E-state index is -0.831. The van der Waals surface area contributed by atoms with Crippen LogP contribution in [0.15, 0.2) is 65.7 Å². The normalized spacial score (nSPS) is 15.2. The van der Waals surface area contributed by atoms with Gasteiger partial charge in [0.25, 0.3) is 5.91 Å². The van der Waals surface area contributed by atoms with Gasteiger partial charge in [0.2, 0.25) is 0 Å². The third-order valence-electron chi connectivity index (χ3n) is 5.63. The average Bonchev–Trinajstić information content (AvgIpc) is 3.50. The zero-order valence-electron chi connectivity index (χ0n) is 18.7. The summed E-state index contributed by atoms with van der Waals surface area (Å²) in [6.07, 6.45) is 2.10. The maximum Gasteiger partial charge on any atom is 0.252 e. The Labute approximate surface area is 198 Å². The van der Waals surface area contributed by atoms with Crippen LogP contribution in [0.1, 0.15) is 21.5 Å². The minimum Gasteiger partial charge on any atom is -0.394 e. The number of allylic oxidation sites excluding steroid dienone is 1. The molecule has 1 aliphatic heterocycles. The first kappa shape index (κ1) is 24.3. The van der Waals surface area contributed by atoms with Gasteiger partial charge in [0.1, 0.15) is 23.5 Å². The van der Waals surface area contributed by atoms with Crippen LogP contribution in [0, 0.1) is 11.6 Å². The third-order valence-corrected chi connectivity index (χ3v) is 5.63. The van der Waals surface area contributed by atoms with Crippen molar-refractivity contribution in [2.45, 2.75) is 18.7 Å². The molecule has 3 aromatic rings. The molecule has 11 heteroatoms. The first-order chi connectivity index (χ1) is 16.9. The summed E-state index contributed by atoms with van der Waals surface area (Å²) in [6.45, 7) is -0.442. The van der Waals surface area contributed by atoms with Gasteiger partial charge in [0.05, 0.1) is 49.3 Å². The Hall–Kier alpha value is -3.83. The van der Waals surface area contributed by atoms with Crippen molar-refractivity contribution in [1.82, 2.24) is 20.3 Å². The van der Waals surface area contributed by atoms with Crippen molar-refractivity contribution in [2.75, 3.05) is 20.3 Å². The smallest absolute Gasteiger partial charge is 0.252 e. The molecule has 0 saturated heterocycles. The summed E-state index contributed by atoms with van der Waals surface area (Å²) in [5, 5.41) is 20.4. The molecule has 1 aliphatic rings. The van der Waals surface area contributed by atoms with Crippen LogP contribution in [0.3, 0.4) is 0 Å². The van der Waals surface area contributed by atoms with E-state index in [-0.39, 0.29) is 35.5 Å². The number of aromatic nitrogens is 3. The van der Waals surface area contributed by atoms with Crippen molar-refractivity contribution in [3.05, 3.63) is 89.0 Å². The molecule has 2 N–H and O–H groups in total. The number of carbonyl (C=O) groups is 1. The fourth-order valence-corrected chi connectivity index (χ4v) is 3.83. The molecule has 2 atom stereocenters. The lowest BCUT2D eigenvalue weighted by atomic mass is 9.98. The first-order valence-corrected chi connectivity index (χ1v) is 10.7. The number of aliphatic imine (C=N–C) groups is 1. The molecule has 0 unspecified atom stereocenters. The second-order valence-corrected chi connectivity index (χ2v) is 7.75. The van der Waals surface area contributed by atoms with Crippen molar-refractivity contribution in [1.29, 1.82) is 0 Å². The Morgan fingerprint density at radius 1 is 1.14 bits per heavy atom. The van der Waals surface area contributed by atoms with Gasteiger partial charge >= 0.3 is 0 Å². The van der Waals surface area contributed by atoms with Gasteiger partial charge < -0.3 is 15.2 Å². The molecule has 35 heavy (non-hydrogen) atoms. The summed E-state index contributed by atoms with van der Waals surface area (Å²) in [5.74, 6) is -2.82. The molecule has 0 saturated carbocycles. The van der Waals surface area contributed by atoms with E-state index in [1.54, 1.807) is 0 Å². The summed E-state index contributed by atoms with van der Waals surface area (Å²) in [6, 6.07) is 8.20. The lowest BCUT2D eigenvalue weighted by molar-refractivity contribution is 0.0157. The Bertz CT molecular complexity index is 1260. The van der Waals surface area contributed by atoms with Crippen LogP contribution < -0.4 is 5.32 Å². The van der Waals surface area contributed by atoms with E-state index in [2.05, 4.69) is 20.5 Å². The number of benzene rings is 2. The van der Waals surface area contributed by atoms with Gasteiger partial charge in [-0.25, -0.2) is 13.2 Å². The van der Waals surface area contributed by atoms with E-state index in [9.17, 15) is 18.7 Å². The van der Waals surface area contributed by atoms with Gasteiger partial charge in [-0.1, -0.05) is 18.2 Å². The zero-order valence-corrected chi connectivity index (χ0v) is 18.7. The summed E-state index contributed by atoms with van der Waals surface area (Å²) in [4.78, 5) is 18.7. The Morgan fingerprint density at radius 2 is 1.86 bits per heavy atom. The van der Waals surface area contributed by atoms with E-state index < -0.39 is 42.1 Å². The molecule has 4 rings (SSSR count). The number of hydrogen-bond acceptors (Lipinski definition) is 6. The van der Waals surface area contributed by atoms with E-state index in [0.29, 0.717) is 5.56 Å². The van der Waals surface area contributed by atoms with Crippen molar-refractivity contribution >= 4 is 17.2 Å². The van der Waals surface area contributed by atoms with Crippen molar-refractivity contribution in [3.63, 3.8) is 0 Å². The molecule has 0 radical (unpaired) electrons. The molecule has 1 aromatic heterocycles. The lowest BCUT2D eigenvalue weighted by Gasteiger charge is -2.25. The van der Waals surface area contributed by atoms with Crippen LogP contribution >= 0.6 is 0 Å². The zero-order chi connectivity index (χ0) is 24.9. The highest BCUT2D eigenvalue weighted by molar-refractivity contribution is 6.21. The van der Waals surface area contributed by atoms with Crippen LogP contribution in [-0.2, 0) is 11.3 Å². The maximum atomic E-state index is 15.4. The lowest BCUT2D eigenvalue weighted by Crippen LogP contribution is -2.49. The maximum absolute atomic E-state index is 15.4. The van der Waals surface area contributed by atoms with Crippen molar-refractivity contribution < 1.29 is 27.8 Å². The van der Waals surface area contributed by atoms with Gasteiger partial charge in [0.15, 0.2) is 5.83 Å². The highest BCUT2D eigenvalue weighted by Crippen LogP contribution is 2.31. The molecule has 0 spiro atoms. The van der Waals surface area contributed by atoms with Crippen LogP contribution in [0.5, 0.6) is 0 Å². The number of nitrogens with zero attached hydrogens (tertiary/aromatic N) is 4. The largest absolute Gasteiger partial charge is 0.394 e. The predicted molar refractivity (Wildman–Crippen MR) is 121 cm³/mol. The molecule has 0 aliphatic carbocycles. The van der Waals surface area contributed by atoms with Crippen LogP contribution in [-0.4, -0.2) is 64.1 Å². The van der Waals surface area contributed by atoms with Gasteiger partial charge in [-0.2, -0.15) is 15.0 Å². The molecular formula is C24H22F3N5O3. The van der Waals surface area contributed by atoms with E-state index in [4.69, 9.17) is 4.74 Å². The standard InChI is InChI=1S/C24H22F3N5O3/c1-35-20(13-33)19(12-32-29-9-10-30-32)31-24(34)16-3-2-4-18(26)21(16)23-22(27)17(11-28-23)14-5-7-15(25)8-6-14/h2-10,19-20,33H,11-13H2,1H3,(H,31,34)/t19-,20-/m1/s1. The van der Waals surface area contributed by atoms with Crippen molar-refractivity contribution in [2.24, 2.45) is 4.99 Å². The quantitative estimate of drug-likeness (QED) is 0.485. The Morgan fingerprint density at radius 3 is 2.51 bits per heavy atom. The number of aliphatic hydroxyl groups excluding tert-OH is 1. The van der Waals surface area contributed by atoms with Crippen LogP contribution in [0.2, 0.25) is 0 Å². The van der Waals surface area contributed by atoms with Gasteiger partial charge in [0, 0.05) is 12.7 Å². The van der Waals surface area contributed by atoms with E-state index in [1.165, 1.54) is 60.7 Å². The minimum absolute atomic E-state index is 0.0619. The Balaban J connectivity index is 1.66. The second-order valence-electron chi connectivity index (χ2n) is 7.75. The van der Waals surface area contributed by atoms with Crippen molar-refractivity contribution in [3.8, 4) is 0 Å². The molecule has 2 aromatic carbocycles. The van der Waals surface area contributed by atoms with E-state index >= 15 is 4.39 Å². The SMILES string of the molecule is CO[C@H](CO)[C@@H](Cn1nccn1)NC(=O)c1cccc(F)c1C1=NCC(c2ccc(F)cc2)=C1F. The number of nitrogens with one attached hydrogen (secondary N) is 1. The summed E-state index contributed by atoms with van der Waals surface area (Å²) >= 11 is 0. The molecule has 8 nitrogen and oxygen atoms in total. The number of hydrogen-bond donors (Lipinski definition) is 2. The molecular weight excluding hydrogens is 463 g/mol. The Kier molecular flexibility index (Phi) is 7.37. The number of rotatable bonds is 9. The highest BCUT2D eigenvalue weighted by Gasteiger charge is 2.30. The van der Waals surface area contributed by atoms with E-state index in [1.807, 2.05) is 0 Å². The number of carbonyl (C=O) groups excluding carboxylic acids is 1. The number of methoxy groups -OCH3 is 1. The van der Waals surface area contributed by atoms with Gasteiger partial charge in [-0.3, -0.25) is 9.79 Å². The first-order valence-electron chi connectivity index (χ1n) is 10.7. The molecule has 0 fully saturated rings. The number of amides is 1. The average molecular weight is 485 g/mol. The summed E-state index contributed by atoms with van der Waals surface area (Å²) < 4.78 is 48.9. The van der Waals surface area contributed by atoms with Crippen LogP contribution in [0.25, 0.3) is 5.57 Å². The molecule has 1 amide bonds. The number of ether oxygens (including phenoxy) is 1. The molecule has 0 bridgehead atoms. The monoisotopic (exact) mass is 485 g/mol. The highest BCUT2D eigenvalue weighted by atomic mass is 19.1. The fraction of sp³-hybridized carbons (Fsp3) is 0.250. The van der Waals surface area contributed by atoms with Gasteiger partial charge in [-0.05, 0) is 29.8 Å². The fourth-order valence-electron chi connectivity index (χ4n) is 3.83. The predicted octanol–water partition coefficient (Wildman–Crippen LogP) is 2.55. The topological polar surface area (TPSA) is 102 Å². The summed E-state index contributed by atoms with van der Waals surface area (Å²) in [5.41, 5.74) is -0.179. The third kappa shape index (κ3) is 5.15. The second kappa shape index (κ2) is 10.6. The number of aliphatic hydroxyl groups is 1. The van der Waals surface area contributed by atoms with E-state index in [0.717, 1.165) is 6.07 Å². The van der Waals surface area contributed by atoms with Crippen LogP contribution in [0.4, 0.5) is 13.2 Å². The summed E-state index contributed by atoms with van der Waals surface area (Å²) in [7, 11) is 1.37. The number of halogens is 3. The molecule has 2 heterocycles.